The minimum absolute atomic E-state index is 0. The molecule has 144 valence electrons. The van der Waals surface area contributed by atoms with Crippen molar-refractivity contribution in [2.45, 2.75) is 37.8 Å². The molecule has 2 heterocycles. The van der Waals surface area contributed by atoms with E-state index in [2.05, 4.69) is 5.32 Å². The van der Waals surface area contributed by atoms with Gasteiger partial charge in [0.1, 0.15) is 6.04 Å². The Bertz CT molecular complexity index is 663. The molecule has 0 bridgehead atoms. The summed E-state index contributed by atoms with van der Waals surface area (Å²) in [7, 11) is 1.95. The van der Waals surface area contributed by atoms with Crippen LogP contribution in [0.4, 0.5) is 0 Å². The first-order valence-electron chi connectivity index (χ1n) is 8.73. The average Bonchev–Trinajstić information content (AvgIpc) is 3.12. The molecule has 1 aromatic carbocycles. The van der Waals surface area contributed by atoms with Crippen molar-refractivity contribution in [3.63, 3.8) is 0 Å². The summed E-state index contributed by atoms with van der Waals surface area (Å²) >= 11 is 12.2. The fraction of sp³-hybridized carbons (Fsp3) is 0.556. The van der Waals surface area contributed by atoms with Gasteiger partial charge in [0.25, 0.3) is 5.91 Å². The lowest BCUT2D eigenvalue weighted by Crippen LogP contribution is -2.51. The molecule has 2 saturated heterocycles. The minimum Gasteiger partial charge on any atom is -0.341 e. The summed E-state index contributed by atoms with van der Waals surface area (Å²) in [4.78, 5) is 29.4. The van der Waals surface area contributed by atoms with E-state index < -0.39 is 6.04 Å². The normalized spacial score (nSPS) is 20.8. The summed E-state index contributed by atoms with van der Waals surface area (Å²) < 4.78 is 0. The largest absolute Gasteiger partial charge is 0.341 e. The van der Waals surface area contributed by atoms with Gasteiger partial charge in [-0.3, -0.25) is 9.59 Å². The van der Waals surface area contributed by atoms with E-state index in [1.165, 1.54) is 0 Å². The number of rotatable bonds is 3. The van der Waals surface area contributed by atoms with Crippen molar-refractivity contribution in [1.82, 2.24) is 15.1 Å². The average molecular weight is 421 g/mol. The summed E-state index contributed by atoms with van der Waals surface area (Å²) in [5.74, 6) is -0.160. The molecule has 1 atom stereocenters. The number of carbonyl (C=O) groups is 2. The van der Waals surface area contributed by atoms with Crippen molar-refractivity contribution in [3.8, 4) is 0 Å². The third-order valence-electron chi connectivity index (χ3n) is 5.17. The lowest BCUT2D eigenvalue weighted by atomic mass is 10.0. The lowest BCUT2D eigenvalue weighted by molar-refractivity contribution is -0.136. The zero-order chi connectivity index (χ0) is 18.0. The van der Waals surface area contributed by atoms with Crippen molar-refractivity contribution in [1.29, 1.82) is 0 Å². The summed E-state index contributed by atoms with van der Waals surface area (Å²) in [5.41, 5.74) is 0.364. The highest BCUT2D eigenvalue weighted by Crippen LogP contribution is 2.27. The van der Waals surface area contributed by atoms with Gasteiger partial charge in [0.2, 0.25) is 5.91 Å². The van der Waals surface area contributed by atoms with Crippen molar-refractivity contribution in [2.24, 2.45) is 0 Å². The van der Waals surface area contributed by atoms with Gasteiger partial charge in [-0.2, -0.15) is 0 Å². The smallest absolute Gasteiger partial charge is 0.256 e. The molecule has 5 nitrogen and oxygen atoms in total. The van der Waals surface area contributed by atoms with Crippen molar-refractivity contribution >= 4 is 47.4 Å². The van der Waals surface area contributed by atoms with E-state index >= 15 is 0 Å². The third kappa shape index (κ3) is 4.45. The fourth-order valence-electron chi connectivity index (χ4n) is 3.68. The fourth-order valence-corrected chi connectivity index (χ4v) is 4.05. The molecule has 2 amide bonds. The Hall–Kier alpha value is -1.01. The van der Waals surface area contributed by atoms with Gasteiger partial charge < -0.3 is 15.1 Å². The predicted molar refractivity (Wildman–Crippen MR) is 106 cm³/mol. The molecule has 3 rings (SSSR count). The van der Waals surface area contributed by atoms with Crippen LogP contribution in [0.5, 0.6) is 0 Å². The molecule has 0 radical (unpaired) electrons. The van der Waals surface area contributed by atoms with Gasteiger partial charge in [-0.25, -0.2) is 0 Å². The topological polar surface area (TPSA) is 52.7 Å². The van der Waals surface area contributed by atoms with E-state index in [0.717, 1.165) is 32.4 Å². The maximum atomic E-state index is 12.9. The molecular weight excluding hydrogens is 397 g/mol. The van der Waals surface area contributed by atoms with Gasteiger partial charge in [0.05, 0.1) is 10.6 Å². The standard InChI is InChI=1S/C18H23Cl2N3O2.ClH/c1-21-13-6-9-22(10-7-13)18(25)16-3-2-8-23(16)17(24)14-11-12(19)4-5-15(14)20;/h4-5,11,13,16,21H,2-3,6-10H2,1H3;1H. The van der Waals surface area contributed by atoms with Gasteiger partial charge in [-0.05, 0) is 50.9 Å². The Labute approximate surface area is 170 Å². The lowest BCUT2D eigenvalue weighted by Gasteiger charge is -2.35. The molecule has 1 N–H and O–H groups in total. The molecule has 1 unspecified atom stereocenters. The van der Waals surface area contributed by atoms with Crippen LogP contribution < -0.4 is 5.32 Å². The predicted octanol–water partition coefficient (Wildman–Crippen LogP) is 3.23. The maximum Gasteiger partial charge on any atom is 0.256 e. The minimum atomic E-state index is -0.395. The van der Waals surface area contributed by atoms with Crippen molar-refractivity contribution in [3.05, 3.63) is 33.8 Å². The van der Waals surface area contributed by atoms with Gasteiger partial charge >= 0.3 is 0 Å². The molecule has 0 aliphatic carbocycles. The van der Waals surface area contributed by atoms with Gasteiger partial charge in [-0.15, -0.1) is 12.4 Å². The SMILES string of the molecule is CNC1CCN(C(=O)C2CCCN2C(=O)c2cc(Cl)ccc2Cl)CC1.Cl. The number of carbonyl (C=O) groups excluding carboxylic acids is 2. The molecule has 0 saturated carbocycles. The van der Waals surface area contributed by atoms with Gasteiger partial charge in [0, 0.05) is 30.7 Å². The Morgan fingerprint density at radius 1 is 1.12 bits per heavy atom. The van der Waals surface area contributed by atoms with E-state index in [9.17, 15) is 9.59 Å². The summed E-state index contributed by atoms with van der Waals surface area (Å²) in [6.07, 6.45) is 3.42. The van der Waals surface area contributed by atoms with E-state index in [-0.39, 0.29) is 24.2 Å². The van der Waals surface area contributed by atoms with Gasteiger partial charge in [-0.1, -0.05) is 23.2 Å². The van der Waals surface area contributed by atoms with Crippen LogP contribution in [0.1, 0.15) is 36.0 Å². The molecule has 0 aromatic heterocycles. The van der Waals surface area contributed by atoms with Crippen LogP contribution in [-0.2, 0) is 4.79 Å². The monoisotopic (exact) mass is 419 g/mol. The molecule has 2 aliphatic rings. The third-order valence-corrected chi connectivity index (χ3v) is 5.74. The van der Waals surface area contributed by atoms with Crippen LogP contribution in [-0.4, -0.2) is 60.4 Å². The van der Waals surface area contributed by atoms with Crippen LogP contribution in [0.15, 0.2) is 18.2 Å². The Morgan fingerprint density at radius 3 is 2.46 bits per heavy atom. The second kappa shape index (κ2) is 9.27. The van der Waals surface area contributed by atoms with Crippen LogP contribution in [0.2, 0.25) is 10.0 Å². The molecule has 8 heteroatoms. The summed E-state index contributed by atoms with van der Waals surface area (Å²) in [6.45, 7) is 2.05. The van der Waals surface area contributed by atoms with Crippen LogP contribution >= 0.6 is 35.6 Å². The second-order valence-corrected chi connectivity index (χ2v) is 7.51. The highest BCUT2D eigenvalue weighted by molar-refractivity contribution is 6.35. The molecule has 1 aromatic rings. The van der Waals surface area contributed by atoms with Crippen LogP contribution in [0.25, 0.3) is 0 Å². The van der Waals surface area contributed by atoms with Crippen LogP contribution in [0.3, 0.4) is 0 Å². The summed E-state index contributed by atoms with van der Waals surface area (Å²) in [5, 5.41) is 4.09. The molecule has 26 heavy (non-hydrogen) atoms. The zero-order valence-electron chi connectivity index (χ0n) is 14.7. The Kier molecular flexibility index (Phi) is 7.59. The highest BCUT2D eigenvalue weighted by Gasteiger charge is 2.38. The Balaban J connectivity index is 0.00000243. The van der Waals surface area contributed by atoms with E-state index in [4.69, 9.17) is 23.2 Å². The number of piperidine rings is 1. The molecule has 2 fully saturated rings. The highest BCUT2D eigenvalue weighted by atomic mass is 35.5. The number of benzene rings is 1. The first kappa shape index (κ1) is 21.3. The molecule has 2 aliphatic heterocycles. The van der Waals surface area contributed by atoms with Gasteiger partial charge in [0.15, 0.2) is 0 Å². The second-order valence-electron chi connectivity index (χ2n) is 6.67. The number of halogens is 3. The van der Waals surface area contributed by atoms with E-state index in [0.29, 0.717) is 34.6 Å². The quantitative estimate of drug-likeness (QED) is 0.817. The number of amides is 2. The maximum absolute atomic E-state index is 12.9. The first-order chi connectivity index (χ1) is 12.0. The number of nitrogens with one attached hydrogen (secondary N) is 1. The Morgan fingerprint density at radius 2 is 1.81 bits per heavy atom. The van der Waals surface area contributed by atoms with Crippen molar-refractivity contribution in [2.75, 3.05) is 26.7 Å². The number of likely N-dealkylation sites (tertiary alicyclic amines) is 2. The molecule has 0 spiro atoms. The zero-order valence-corrected chi connectivity index (χ0v) is 17.0. The van der Waals surface area contributed by atoms with Crippen molar-refractivity contribution < 1.29 is 9.59 Å². The number of nitrogens with zero attached hydrogens (tertiary/aromatic N) is 2. The number of hydrogen-bond acceptors (Lipinski definition) is 3. The number of hydrogen-bond donors (Lipinski definition) is 1. The van der Waals surface area contributed by atoms with Crippen LogP contribution in [0, 0.1) is 0 Å². The van der Waals surface area contributed by atoms with E-state index in [1.807, 2.05) is 11.9 Å². The molecular formula is C18H24Cl3N3O2. The van der Waals surface area contributed by atoms with E-state index in [1.54, 1.807) is 23.1 Å². The first-order valence-corrected chi connectivity index (χ1v) is 9.49. The summed E-state index contributed by atoms with van der Waals surface area (Å²) in [6, 6.07) is 4.92.